The van der Waals surface area contributed by atoms with Crippen LogP contribution in [0.25, 0.3) is 0 Å². The minimum Gasteiger partial charge on any atom is -0.303 e. The van der Waals surface area contributed by atoms with Crippen molar-refractivity contribution in [2.75, 3.05) is 25.0 Å². The summed E-state index contributed by atoms with van der Waals surface area (Å²) < 4.78 is 0. The van der Waals surface area contributed by atoms with Gasteiger partial charge in [-0.3, -0.25) is 0 Å². The summed E-state index contributed by atoms with van der Waals surface area (Å²) in [6.45, 7) is 17.9. The van der Waals surface area contributed by atoms with Gasteiger partial charge in [-0.2, -0.15) is 0 Å². The first kappa shape index (κ1) is 21.4. The molecule has 0 amide bonds. The first-order chi connectivity index (χ1) is 9.89. The molecule has 0 rings (SSSR count). The number of alkyl halides is 1. The highest BCUT2D eigenvalue weighted by molar-refractivity contribution is 9.09. The molecule has 0 saturated carbocycles. The van der Waals surface area contributed by atoms with Crippen molar-refractivity contribution in [3.63, 3.8) is 0 Å². The van der Waals surface area contributed by atoms with Crippen LogP contribution in [0.5, 0.6) is 0 Å². The summed E-state index contributed by atoms with van der Waals surface area (Å²) in [7, 11) is 0. The Hall–Kier alpha value is 0.440. The minimum absolute atomic E-state index is 0.484. The van der Waals surface area contributed by atoms with Gasteiger partial charge in [-0.15, -0.1) is 0 Å². The Kier molecular flexibility index (Phi) is 12.2. The highest BCUT2D eigenvalue weighted by atomic mass is 79.9. The van der Waals surface area contributed by atoms with E-state index in [0.717, 1.165) is 17.2 Å². The first-order valence-corrected chi connectivity index (χ1v) is 10.3. The fraction of sp³-hybridized carbons (Fsp3) is 1.00. The van der Waals surface area contributed by atoms with Gasteiger partial charge in [-0.05, 0) is 56.0 Å². The van der Waals surface area contributed by atoms with Crippen LogP contribution in [0.3, 0.4) is 0 Å². The molecule has 2 heteroatoms. The van der Waals surface area contributed by atoms with Crippen LogP contribution in [0.1, 0.15) is 80.1 Å². The monoisotopic (exact) mass is 361 g/mol. The Morgan fingerprint density at radius 2 is 1.29 bits per heavy atom. The molecule has 0 aromatic carbocycles. The van der Waals surface area contributed by atoms with Crippen LogP contribution in [0.2, 0.25) is 0 Å². The zero-order chi connectivity index (χ0) is 16.3. The molecule has 0 N–H and O–H groups in total. The quantitative estimate of drug-likeness (QED) is 0.345. The first-order valence-electron chi connectivity index (χ1n) is 9.17. The normalized spacial score (nSPS) is 12.9. The van der Waals surface area contributed by atoms with Gasteiger partial charge in [0, 0.05) is 11.9 Å². The van der Waals surface area contributed by atoms with Crippen LogP contribution in [0.15, 0.2) is 0 Å². The van der Waals surface area contributed by atoms with Crippen LogP contribution in [-0.2, 0) is 0 Å². The molecule has 1 nitrogen and oxygen atoms in total. The predicted octanol–water partition coefficient (Wildman–Crippen LogP) is 6.36. The SMILES string of the molecule is CCCC(CBr)(CCC)CN(CCC(C)C)CCC(C)C. The van der Waals surface area contributed by atoms with Crippen molar-refractivity contribution in [3.05, 3.63) is 0 Å². The van der Waals surface area contributed by atoms with E-state index in [4.69, 9.17) is 0 Å². The van der Waals surface area contributed by atoms with Gasteiger partial charge in [0.2, 0.25) is 0 Å². The van der Waals surface area contributed by atoms with Crippen LogP contribution in [0.4, 0.5) is 0 Å². The maximum Gasteiger partial charge on any atom is 0.0100 e. The molecule has 128 valence electrons. The van der Waals surface area contributed by atoms with Crippen molar-refractivity contribution in [1.29, 1.82) is 0 Å². The molecule has 0 saturated heterocycles. The van der Waals surface area contributed by atoms with Crippen LogP contribution >= 0.6 is 15.9 Å². The fourth-order valence-corrected chi connectivity index (χ4v) is 3.88. The molecule has 0 aliphatic carbocycles. The second-order valence-corrected chi connectivity index (χ2v) is 8.34. The summed E-state index contributed by atoms with van der Waals surface area (Å²) in [4.78, 5) is 2.76. The maximum absolute atomic E-state index is 3.84. The average molecular weight is 362 g/mol. The summed E-state index contributed by atoms with van der Waals surface area (Å²) in [5.41, 5.74) is 0.484. The lowest BCUT2D eigenvalue weighted by Gasteiger charge is -2.38. The van der Waals surface area contributed by atoms with Gasteiger partial charge in [0.15, 0.2) is 0 Å². The van der Waals surface area contributed by atoms with Crippen molar-refractivity contribution in [2.24, 2.45) is 17.3 Å². The molecule has 0 fully saturated rings. The lowest BCUT2D eigenvalue weighted by molar-refractivity contribution is 0.136. The Labute approximate surface area is 143 Å². The maximum atomic E-state index is 3.84. The van der Waals surface area contributed by atoms with Gasteiger partial charge in [-0.1, -0.05) is 70.3 Å². The second-order valence-electron chi connectivity index (χ2n) is 7.77. The van der Waals surface area contributed by atoms with Gasteiger partial charge < -0.3 is 4.90 Å². The molecule has 0 unspecified atom stereocenters. The highest BCUT2D eigenvalue weighted by Gasteiger charge is 2.29. The van der Waals surface area contributed by atoms with E-state index in [1.165, 1.54) is 58.2 Å². The zero-order valence-corrected chi connectivity index (χ0v) is 17.1. The Morgan fingerprint density at radius 3 is 1.57 bits per heavy atom. The molecular weight excluding hydrogens is 322 g/mol. The molecular formula is C19H40BrN. The Morgan fingerprint density at radius 1 is 0.857 bits per heavy atom. The highest BCUT2D eigenvalue weighted by Crippen LogP contribution is 2.33. The van der Waals surface area contributed by atoms with Gasteiger partial charge in [0.1, 0.15) is 0 Å². The molecule has 0 aliphatic heterocycles. The van der Waals surface area contributed by atoms with Gasteiger partial charge >= 0.3 is 0 Å². The van der Waals surface area contributed by atoms with E-state index in [0.29, 0.717) is 5.41 Å². The molecule has 0 radical (unpaired) electrons. The molecule has 0 bridgehead atoms. The molecule has 0 aliphatic rings. The molecule has 21 heavy (non-hydrogen) atoms. The third kappa shape index (κ3) is 9.94. The largest absolute Gasteiger partial charge is 0.303 e. The van der Waals surface area contributed by atoms with Gasteiger partial charge in [-0.25, -0.2) is 0 Å². The minimum atomic E-state index is 0.484. The molecule has 0 atom stereocenters. The number of nitrogens with zero attached hydrogens (tertiary/aromatic N) is 1. The van der Waals surface area contributed by atoms with Gasteiger partial charge in [0.25, 0.3) is 0 Å². The number of halogens is 1. The lowest BCUT2D eigenvalue weighted by atomic mass is 9.80. The smallest absolute Gasteiger partial charge is 0.0100 e. The Balaban J connectivity index is 4.74. The topological polar surface area (TPSA) is 3.24 Å². The molecule has 0 heterocycles. The second kappa shape index (κ2) is 11.9. The molecule has 0 spiro atoms. The number of rotatable bonds is 13. The average Bonchev–Trinajstić information content (AvgIpc) is 2.42. The van der Waals surface area contributed by atoms with Crippen molar-refractivity contribution in [2.45, 2.75) is 80.1 Å². The van der Waals surface area contributed by atoms with Crippen LogP contribution in [-0.4, -0.2) is 29.9 Å². The van der Waals surface area contributed by atoms with E-state index < -0.39 is 0 Å². The van der Waals surface area contributed by atoms with E-state index in [2.05, 4.69) is 62.4 Å². The fourth-order valence-electron chi connectivity index (χ4n) is 3.15. The van der Waals surface area contributed by atoms with Gasteiger partial charge in [0.05, 0.1) is 0 Å². The van der Waals surface area contributed by atoms with Crippen LogP contribution in [0, 0.1) is 17.3 Å². The van der Waals surface area contributed by atoms with Crippen molar-refractivity contribution in [1.82, 2.24) is 4.90 Å². The summed E-state index contributed by atoms with van der Waals surface area (Å²) in [6.07, 6.45) is 7.96. The Bertz CT molecular complexity index is 220. The van der Waals surface area contributed by atoms with E-state index in [1.807, 2.05) is 0 Å². The predicted molar refractivity (Wildman–Crippen MR) is 101 cm³/mol. The lowest BCUT2D eigenvalue weighted by Crippen LogP contribution is -2.40. The molecule has 0 aromatic rings. The van der Waals surface area contributed by atoms with E-state index in [1.54, 1.807) is 0 Å². The standard InChI is InChI=1S/C19H40BrN/c1-7-11-19(15-20,12-8-2)16-21(13-9-17(3)4)14-10-18(5)6/h17-18H,7-16H2,1-6H3. The molecule has 0 aromatic heterocycles. The summed E-state index contributed by atoms with van der Waals surface area (Å²) >= 11 is 3.84. The van der Waals surface area contributed by atoms with E-state index >= 15 is 0 Å². The third-order valence-corrected chi connectivity index (χ3v) is 5.64. The summed E-state index contributed by atoms with van der Waals surface area (Å²) in [5.74, 6) is 1.62. The number of hydrogen-bond donors (Lipinski definition) is 0. The van der Waals surface area contributed by atoms with Crippen molar-refractivity contribution >= 4 is 15.9 Å². The summed E-state index contributed by atoms with van der Waals surface area (Å²) in [6, 6.07) is 0. The van der Waals surface area contributed by atoms with E-state index in [9.17, 15) is 0 Å². The van der Waals surface area contributed by atoms with Crippen LogP contribution < -0.4 is 0 Å². The van der Waals surface area contributed by atoms with Crippen molar-refractivity contribution < 1.29 is 0 Å². The van der Waals surface area contributed by atoms with E-state index in [-0.39, 0.29) is 0 Å². The van der Waals surface area contributed by atoms with Crippen molar-refractivity contribution in [3.8, 4) is 0 Å². The number of hydrogen-bond acceptors (Lipinski definition) is 1. The zero-order valence-electron chi connectivity index (χ0n) is 15.6. The summed E-state index contributed by atoms with van der Waals surface area (Å²) in [5, 5.41) is 1.15. The third-order valence-electron chi connectivity index (χ3n) is 4.45.